The fourth-order valence-electron chi connectivity index (χ4n) is 3.98. The second-order valence-corrected chi connectivity index (χ2v) is 12.1. The van der Waals surface area contributed by atoms with Gasteiger partial charge in [-0.1, -0.05) is 18.2 Å². The summed E-state index contributed by atoms with van der Waals surface area (Å²) in [5.74, 6) is -2.42. The lowest BCUT2D eigenvalue weighted by Crippen LogP contribution is -2.24. The summed E-state index contributed by atoms with van der Waals surface area (Å²) in [6.45, 7) is 0. The molecule has 0 spiro atoms. The van der Waals surface area contributed by atoms with Gasteiger partial charge in [0.25, 0.3) is 0 Å². The molecule has 7 nitrogen and oxygen atoms in total. The molecular formula is C21H21F3O7S2. The van der Waals surface area contributed by atoms with Crippen LogP contribution in [0.3, 0.4) is 0 Å². The number of aliphatic carboxylic acids is 1. The van der Waals surface area contributed by atoms with Crippen molar-refractivity contribution < 1.29 is 44.6 Å². The van der Waals surface area contributed by atoms with Gasteiger partial charge in [0.15, 0.2) is 19.7 Å². The molecule has 0 unspecified atom stereocenters. The van der Waals surface area contributed by atoms with Crippen LogP contribution in [0.2, 0.25) is 0 Å². The Morgan fingerprint density at radius 2 is 1.58 bits per heavy atom. The molecule has 1 aliphatic carbocycles. The summed E-state index contributed by atoms with van der Waals surface area (Å²) in [5.41, 5.74) is -1.06. The molecule has 33 heavy (non-hydrogen) atoms. The number of hydrogen-bond acceptors (Lipinski definition) is 6. The molecule has 0 bridgehead atoms. The first kappa shape index (κ1) is 25.2. The fraction of sp³-hybridized carbons (Fsp3) is 0.381. The Morgan fingerprint density at radius 3 is 2.03 bits per heavy atom. The SMILES string of the molecule is CO[C@@H]1C[C@H](S(=O)(=O)c2ccc(-c3ccc(S(C)(=O)=O)cc3)cc2C(F)(F)F)C[C@H]1C(=O)O. The van der Waals surface area contributed by atoms with Crippen LogP contribution in [0.15, 0.2) is 52.3 Å². The van der Waals surface area contributed by atoms with Gasteiger partial charge in [0.05, 0.1) is 32.6 Å². The maximum absolute atomic E-state index is 13.9. The van der Waals surface area contributed by atoms with Crippen LogP contribution in [-0.2, 0) is 35.4 Å². The van der Waals surface area contributed by atoms with E-state index >= 15 is 0 Å². The summed E-state index contributed by atoms with van der Waals surface area (Å²) in [6.07, 6.45) is -5.53. The summed E-state index contributed by atoms with van der Waals surface area (Å²) < 4.78 is 96.1. The summed E-state index contributed by atoms with van der Waals surface area (Å²) in [6, 6.07) is 7.91. The quantitative estimate of drug-likeness (QED) is 0.638. The average molecular weight is 507 g/mol. The molecule has 0 radical (unpaired) electrons. The Hall–Kier alpha value is -2.44. The first-order valence-corrected chi connectivity index (χ1v) is 13.1. The van der Waals surface area contributed by atoms with Crippen LogP contribution >= 0.6 is 0 Å². The van der Waals surface area contributed by atoms with Crippen molar-refractivity contribution in [2.45, 2.75) is 40.2 Å². The molecule has 2 aromatic rings. The maximum atomic E-state index is 13.9. The van der Waals surface area contributed by atoms with Crippen LogP contribution in [0.1, 0.15) is 18.4 Å². The smallest absolute Gasteiger partial charge is 0.417 e. The molecule has 0 aliphatic heterocycles. The monoisotopic (exact) mass is 506 g/mol. The number of hydrogen-bond donors (Lipinski definition) is 1. The molecule has 0 heterocycles. The van der Waals surface area contributed by atoms with Crippen LogP contribution in [0, 0.1) is 5.92 Å². The number of carboxylic acid groups (broad SMARTS) is 1. The summed E-state index contributed by atoms with van der Waals surface area (Å²) in [4.78, 5) is 10.5. The minimum atomic E-state index is -5.00. The number of methoxy groups -OCH3 is 1. The zero-order valence-corrected chi connectivity index (χ0v) is 19.2. The second-order valence-electron chi connectivity index (χ2n) is 7.86. The number of carbonyl (C=O) groups is 1. The normalized spacial score (nSPS) is 21.8. The minimum absolute atomic E-state index is 0.0107. The summed E-state index contributed by atoms with van der Waals surface area (Å²) >= 11 is 0. The molecule has 12 heteroatoms. The van der Waals surface area contributed by atoms with Crippen molar-refractivity contribution in [2.75, 3.05) is 13.4 Å². The molecule has 1 aliphatic rings. The van der Waals surface area contributed by atoms with Gasteiger partial charge in [-0.3, -0.25) is 4.79 Å². The van der Waals surface area contributed by atoms with E-state index in [9.17, 15) is 39.9 Å². The van der Waals surface area contributed by atoms with Crippen LogP contribution in [0.25, 0.3) is 11.1 Å². The predicted octanol–water partition coefficient (Wildman–Crippen LogP) is 3.43. The molecule has 3 rings (SSSR count). The number of carboxylic acids is 1. The third-order valence-corrected chi connectivity index (χ3v) is 9.09. The third kappa shape index (κ3) is 5.07. The van der Waals surface area contributed by atoms with E-state index in [2.05, 4.69) is 0 Å². The van der Waals surface area contributed by atoms with Crippen molar-refractivity contribution in [3.63, 3.8) is 0 Å². The van der Waals surface area contributed by atoms with Gasteiger partial charge in [-0.2, -0.15) is 13.2 Å². The standard InChI is InChI=1S/C21H21F3O7S2/c1-31-18-11-15(10-16(18)20(25)26)33(29,30)19-8-5-13(9-17(19)21(22,23)24)12-3-6-14(7-4-12)32(2,27)28/h3-9,15-16,18H,10-11H2,1-2H3,(H,25,26)/t15-,16-,18-/m1/s1. The Morgan fingerprint density at radius 1 is 1.00 bits per heavy atom. The highest BCUT2D eigenvalue weighted by atomic mass is 32.2. The Bertz CT molecular complexity index is 1270. The highest BCUT2D eigenvalue weighted by Crippen LogP contribution is 2.42. The molecule has 0 amide bonds. The van der Waals surface area contributed by atoms with Gasteiger partial charge >= 0.3 is 12.1 Å². The first-order chi connectivity index (χ1) is 15.2. The zero-order chi connectivity index (χ0) is 24.8. The van der Waals surface area contributed by atoms with E-state index in [0.717, 1.165) is 12.3 Å². The average Bonchev–Trinajstić information content (AvgIpc) is 3.18. The van der Waals surface area contributed by atoms with Gasteiger partial charge in [0, 0.05) is 13.4 Å². The largest absolute Gasteiger partial charge is 0.481 e. The van der Waals surface area contributed by atoms with Gasteiger partial charge in [-0.15, -0.1) is 0 Å². The molecule has 2 aromatic carbocycles. The van der Waals surface area contributed by atoms with Crippen LogP contribution in [0.4, 0.5) is 13.2 Å². The van der Waals surface area contributed by atoms with Crippen molar-refractivity contribution in [3.05, 3.63) is 48.0 Å². The van der Waals surface area contributed by atoms with Gasteiger partial charge < -0.3 is 9.84 Å². The van der Waals surface area contributed by atoms with Crippen LogP contribution in [-0.4, -0.2) is 52.6 Å². The van der Waals surface area contributed by atoms with E-state index in [4.69, 9.17) is 4.74 Å². The van der Waals surface area contributed by atoms with Crippen LogP contribution < -0.4 is 0 Å². The first-order valence-electron chi connectivity index (χ1n) is 9.67. The Kier molecular flexibility index (Phi) is 6.66. The topological polar surface area (TPSA) is 115 Å². The summed E-state index contributed by atoms with van der Waals surface area (Å²) in [7, 11) is -6.80. The molecule has 1 fully saturated rings. The van der Waals surface area contributed by atoms with E-state index in [-0.39, 0.29) is 28.9 Å². The van der Waals surface area contributed by atoms with Gasteiger partial charge in [-0.25, -0.2) is 16.8 Å². The maximum Gasteiger partial charge on any atom is 0.417 e. The fourth-order valence-corrected chi connectivity index (χ4v) is 6.61. The lowest BCUT2D eigenvalue weighted by atomic mass is 10.0. The van der Waals surface area contributed by atoms with Crippen molar-refractivity contribution in [1.82, 2.24) is 0 Å². The van der Waals surface area contributed by atoms with E-state index in [1.165, 1.54) is 37.4 Å². The number of rotatable bonds is 6. The van der Waals surface area contributed by atoms with Crippen molar-refractivity contribution in [1.29, 1.82) is 0 Å². The van der Waals surface area contributed by atoms with Gasteiger partial charge in [-0.05, 0) is 48.2 Å². The molecule has 3 atom stereocenters. The highest BCUT2D eigenvalue weighted by Gasteiger charge is 2.47. The van der Waals surface area contributed by atoms with Gasteiger partial charge in [0.1, 0.15) is 0 Å². The highest BCUT2D eigenvalue weighted by molar-refractivity contribution is 7.92. The predicted molar refractivity (Wildman–Crippen MR) is 112 cm³/mol. The van der Waals surface area contributed by atoms with Crippen molar-refractivity contribution in [3.8, 4) is 11.1 Å². The number of halogens is 3. The number of ether oxygens (including phenoxy) is 1. The number of alkyl halides is 3. The lowest BCUT2D eigenvalue weighted by Gasteiger charge is -2.18. The van der Waals surface area contributed by atoms with Crippen LogP contribution in [0.5, 0.6) is 0 Å². The second kappa shape index (κ2) is 8.73. The van der Waals surface area contributed by atoms with Crippen molar-refractivity contribution >= 4 is 25.6 Å². The lowest BCUT2D eigenvalue weighted by molar-refractivity contribution is -0.145. The Labute approximate surface area is 189 Å². The van der Waals surface area contributed by atoms with E-state index in [0.29, 0.717) is 6.07 Å². The molecule has 180 valence electrons. The van der Waals surface area contributed by atoms with E-state index in [1.807, 2.05) is 0 Å². The van der Waals surface area contributed by atoms with Crippen molar-refractivity contribution in [2.24, 2.45) is 5.92 Å². The Balaban J connectivity index is 2.06. The summed E-state index contributed by atoms with van der Waals surface area (Å²) in [5, 5.41) is 7.95. The molecule has 0 aromatic heterocycles. The van der Waals surface area contributed by atoms with E-state index in [1.54, 1.807) is 0 Å². The zero-order valence-electron chi connectivity index (χ0n) is 17.5. The molecule has 1 N–H and O–H groups in total. The molecule has 1 saturated carbocycles. The van der Waals surface area contributed by atoms with Gasteiger partial charge in [0.2, 0.25) is 0 Å². The third-order valence-electron chi connectivity index (χ3n) is 5.73. The number of benzene rings is 2. The number of sulfone groups is 2. The van der Waals surface area contributed by atoms with E-state index < -0.39 is 59.6 Å². The molecular weight excluding hydrogens is 485 g/mol. The molecule has 0 saturated heterocycles. The minimum Gasteiger partial charge on any atom is -0.481 e.